The molecule has 0 fully saturated rings. The summed E-state index contributed by atoms with van der Waals surface area (Å²) >= 11 is 0. The van der Waals surface area contributed by atoms with Gasteiger partial charge in [-0.1, -0.05) is 54.1 Å². The Labute approximate surface area is 159 Å². The summed E-state index contributed by atoms with van der Waals surface area (Å²) in [5.74, 6) is -0.268. The molecule has 5 heteroatoms. The van der Waals surface area contributed by atoms with Crippen LogP contribution in [0, 0.1) is 0 Å². The Balaban J connectivity index is 2.65. The lowest BCUT2D eigenvalue weighted by Gasteiger charge is -2.18. The molecule has 2 rings (SSSR count). The van der Waals surface area contributed by atoms with Crippen LogP contribution in [0.3, 0.4) is 0 Å². The molecule has 2 aromatic carbocycles. The molecule has 0 atom stereocenters. The van der Waals surface area contributed by atoms with Crippen LogP contribution >= 0.6 is 0 Å². The van der Waals surface area contributed by atoms with E-state index in [9.17, 15) is 9.90 Å². The SMILES string of the molecule is COc1cc(/C=C/c2ccccc2)c(C(=O)O)c(OCN)c1CC=C(C)C. The second-order valence-corrected chi connectivity index (χ2v) is 6.20. The summed E-state index contributed by atoms with van der Waals surface area (Å²) in [5.41, 5.74) is 8.88. The Morgan fingerprint density at radius 1 is 1.19 bits per heavy atom. The molecule has 0 amide bonds. The van der Waals surface area contributed by atoms with Crippen molar-refractivity contribution >= 4 is 18.1 Å². The summed E-state index contributed by atoms with van der Waals surface area (Å²) in [5, 5.41) is 9.82. The Kier molecular flexibility index (Phi) is 7.20. The zero-order valence-electron chi connectivity index (χ0n) is 15.9. The van der Waals surface area contributed by atoms with Gasteiger partial charge in [0.1, 0.15) is 23.8 Å². The molecule has 27 heavy (non-hydrogen) atoms. The van der Waals surface area contributed by atoms with Gasteiger partial charge >= 0.3 is 5.97 Å². The van der Waals surface area contributed by atoms with Crippen LogP contribution in [-0.2, 0) is 6.42 Å². The Morgan fingerprint density at radius 2 is 1.89 bits per heavy atom. The first-order valence-electron chi connectivity index (χ1n) is 8.64. The number of carboxylic acids is 1. The van der Waals surface area contributed by atoms with Crippen molar-refractivity contribution in [1.82, 2.24) is 0 Å². The summed E-state index contributed by atoms with van der Waals surface area (Å²) in [6.07, 6.45) is 6.08. The van der Waals surface area contributed by atoms with E-state index in [4.69, 9.17) is 15.2 Å². The van der Waals surface area contributed by atoms with Gasteiger partial charge in [-0.25, -0.2) is 4.79 Å². The second kappa shape index (κ2) is 9.59. The molecule has 0 radical (unpaired) electrons. The third-order valence-electron chi connectivity index (χ3n) is 4.00. The van der Waals surface area contributed by atoms with Crippen LogP contribution < -0.4 is 15.2 Å². The van der Waals surface area contributed by atoms with E-state index in [0.29, 0.717) is 23.3 Å². The van der Waals surface area contributed by atoms with Gasteiger partial charge in [0.05, 0.1) is 7.11 Å². The van der Waals surface area contributed by atoms with E-state index in [0.717, 1.165) is 11.1 Å². The zero-order chi connectivity index (χ0) is 19.8. The lowest BCUT2D eigenvalue weighted by atomic mass is 9.97. The van der Waals surface area contributed by atoms with Crippen LogP contribution in [0.25, 0.3) is 12.2 Å². The van der Waals surface area contributed by atoms with Gasteiger partial charge in [-0.05, 0) is 37.5 Å². The predicted molar refractivity (Wildman–Crippen MR) is 108 cm³/mol. The van der Waals surface area contributed by atoms with E-state index < -0.39 is 5.97 Å². The van der Waals surface area contributed by atoms with Crippen molar-refractivity contribution in [2.45, 2.75) is 20.3 Å². The highest BCUT2D eigenvalue weighted by atomic mass is 16.5. The molecular weight excluding hydrogens is 342 g/mol. The van der Waals surface area contributed by atoms with Crippen LogP contribution in [0.4, 0.5) is 0 Å². The largest absolute Gasteiger partial charge is 0.496 e. The number of nitrogens with two attached hydrogens (primary N) is 1. The average Bonchev–Trinajstić information content (AvgIpc) is 2.65. The van der Waals surface area contributed by atoms with Crippen molar-refractivity contribution in [3.05, 3.63) is 70.3 Å². The van der Waals surface area contributed by atoms with Crippen molar-refractivity contribution in [1.29, 1.82) is 0 Å². The molecule has 0 unspecified atom stereocenters. The third-order valence-corrected chi connectivity index (χ3v) is 4.00. The van der Waals surface area contributed by atoms with E-state index >= 15 is 0 Å². The number of hydrogen-bond acceptors (Lipinski definition) is 4. The number of allylic oxidation sites excluding steroid dienone is 2. The Morgan fingerprint density at radius 3 is 2.44 bits per heavy atom. The van der Waals surface area contributed by atoms with Crippen LogP contribution in [-0.4, -0.2) is 24.9 Å². The molecule has 2 aromatic rings. The van der Waals surface area contributed by atoms with E-state index in [1.54, 1.807) is 19.3 Å². The van der Waals surface area contributed by atoms with Gasteiger partial charge in [0.25, 0.3) is 0 Å². The van der Waals surface area contributed by atoms with Gasteiger partial charge in [-0.2, -0.15) is 0 Å². The molecule has 5 nitrogen and oxygen atoms in total. The van der Waals surface area contributed by atoms with Crippen LogP contribution in [0.1, 0.15) is 40.9 Å². The van der Waals surface area contributed by atoms with Gasteiger partial charge in [0.2, 0.25) is 0 Å². The minimum Gasteiger partial charge on any atom is -0.496 e. The summed E-state index contributed by atoms with van der Waals surface area (Å²) in [4.78, 5) is 12.0. The highest BCUT2D eigenvalue weighted by Crippen LogP contribution is 2.37. The first-order valence-corrected chi connectivity index (χ1v) is 8.64. The number of ether oxygens (including phenoxy) is 2. The molecule has 0 aliphatic carbocycles. The topological polar surface area (TPSA) is 81.8 Å². The average molecular weight is 367 g/mol. The smallest absolute Gasteiger partial charge is 0.340 e. The molecule has 0 bridgehead atoms. The standard InChI is InChI=1S/C22H25NO4/c1-15(2)9-12-18-19(26-3)13-17(11-10-16-7-5-4-6-8-16)20(22(24)25)21(18)27-14-23/h4-11,13H,12,14,23H2,1-3H3,(H,24,25)/b11-10+. The second-order valence-electron chi connectivity index (χ2n) is 6.20. The molecule has 0 aliphatic heterocycles. The van der Waals surface area contributed by atoms with Gasteiger partial charge in [0, 0.05) is 5.56 Å². The third kappa shape index (κ3) is 5.21. The van der Waals surface area contributed by atoms with Gasteiger partial charge in [0.15, 0.2) is 0 Å². The van der Waals surface area contributed by atoms with Crippen molar-refractivity contribution in [2.75, 3.05) is 13.8 Å². The number of hydrogen-bond donors (Lipinski definition) is 2. The number of benzene rings is 2. The molecule has 0 saturated carbocycles. The normalized spacial score (nSPS) is 10.7. The first kappa shape index (κ1) is 20.3. The van der Waals surface area contributed by atoms with E-state index in [2.05, 4.69) is 0 Å². The van der Waals surface area contributed by atoms with E-state index in [1.807, 2.05) is 56.3 Å². The van der Waals surface area contributed by atoms with Crippen LogP contribution in [0.2, 0.25) is 0 Å². The van der Waals surface area contributed by atoms with Crippen molar-refractivity contribution < 1.29 is 19.4 Å². The minimum absolute atomic E-state index is 0.0746. The fourth-order valence-electron chi connectivity index (χ4n) is 2.72. The van der Waals surface area contributed by atoms with Crippen molar-refractivity contribution in [3.63, 3.8) is 0 Å². The van der Waals surface area contributed by atoms with Crippen molar-refractivity contribution in [3.8, 4) is 11.5 Å². The maximum atomic E-state index is 12.0. The summed E-state index contributed by atoms with van der Waals surface area (Å²) in [6, 6.07) is 11.4. The van der Waals surface area contributed by atoms with Gasteiger partial charge in [-0.3, -0.25) is 5.73 Å². The Bertz CT molecular complexity index is 850. The summed E-state index contributed by atoms with van der Waals surface area (Å²) in [7, 11) is 1.55. The molecule has 142 valence electrons. The molecule has 0 saturated heterocycles. The maximum Gasteiger partial charge on any atom is 0.340 e. The van der Waals surface area contributed by atoms with Gasteiger partial charge in [-0.15, -0.1) is 0 Å². The quantitative estimate of drug-likeness (QED) is 0.411. The monoisotopic (exact) mass is 367 g/mol. The van der Waals surface area contributed by atoms with Crippen LogP contribution in [0.15, 0.2) is 48.0 Å². The molecule has 0 spiro atoms. The van der Waals surface area contributed by atoms with E-state index in [1.165, 1.54) is 0 Å². The predicted octanol–water partition coefficient (Wildman–Crippen LogP) is 4.37. The highest BCUT2D eigenvalue weighted by molar-refractivity contribution is 5.97. The summed E-state index contributed by atoms with van der Waals surface area (Å²) < 4.78 is 11.1. The first-order chi connectivity index (χ1) is 13.0. The zero-order valence-corrected chi connectivity index (χ0v) is 15.9. The van der Waals surface area contributed by atoms with Crippen LogP contribution in [0.5, 0.6) is 11.5 Å². The summed E-state index contributed by atoms with van der Waals surface area (Å²) in [6.45, 7) is 3.83. The van der Waals surface area contributed by atoms with E-state index in [-0.39, 0.29) is 18.0 Å². The number of methoxy groups -OCH3 is 1. The molecule has 3 N–H and O–H groups in total. The molecule has 0 aliphatic rings. The number of carboxylic acid groups (broad SMARTS) is 1. The maximum absolute atomic E-state index is 12.0. The molecular formula is C22H25NO4. The highest BCUT2D eigenvalue weighted by Gasteiger charge is 2.23. The minimum atomic E-state index is -1.08. The van der Waals surface area contributed by atoms with Crippen molar-refractivity contribution in [2.24, 2.45) is 5.73 Å². The number of aromatic carboxylic acids is 1. The number of carbonyl (C=O) groups is 1. The lowest BCUT2D eigenvalue weighted by Crippen LogP contribution is -2.14. The molecule has 0 aromatic heterocycles. The fraction of sp³-hybridized carbons (Fsp3) is 0.227. The van der Waals surface area contributed by atoms with Gasteiger partial charge < -0.3 is 14.6 Å². The lowest BCUT2D eigenvalue weighted by molar-refractivity contribution is 0.0692. The Hall–Kier alpha value is -3.05. The molecule has 0 heterocycles. The number of rotatable bonds is 8. The fourth-order valence-corrected chi connectivity index (χ4v) is 2.72.